The maximum atomic E-state index is 11.1. The van der Waals surface area contributed by atoms with E-state index in [1.165, 1.54) is 13.2 Å². The predicted molar refractivity (Wildman–Crippen MR) is 73.3 cm³/mol. The van der Waals surface area contributed by atoms with Crippen molar-refractivity contribution in [3.63, 3.8) is 0 Å². The molecule has 0 aromatic heterocycles. The zero-order valence-corrected chi connectivity index (χ0v) is 12.7. The van der Waals surface area contributed by atoms with Crippen LogP contribution < -0.4 is 4.74 Å². The van der Waals surface area contributed by atoms with Crippen molar-refractivity contribution in [3.05, 3.63) is 32.3 Å². The quantitative estimate of drug-likeness (QED) is 0.343. The van der Waals surface area contributed by atoms with Gasteiger partial charge >= 0.3 is 11.7 Å². The molecule has 104 valence electrons. The molecule has 9 heteroatoms. The van der Waals surface area contributed by atoms with Crippen LogP contribution in [0.25, 0.3) is 0 Å². The Kier molecular flexibility index (Phi) is 5.84. The molecule has 0 saturated carbocycles. The lowest BCUT2D eigenvalue weighted by Crippen LogP contribution is -2.23. The molecule has 0 N–H and O–H groups in total. The smallest absolute Gasteiger partial charge is 0.322 e. The Morgan fingerprint density at radius 3 is 2.58 bits per heavy atom. The summed E-state index contributed by atoms with van der Waals surface area (Å²) in [5.74, 6) is -0.629. The van der Waals surface area contributed by atoms with Crippen LogP contribution in [0.15, 0.2) is 12.1 Å². The molecular formula is C10H8BrCl2NO5. The van der Waals surface area contributed by atoms with E-state index in [4.69, 9.17) is 27.9 Å². The van der Waals surface area contributed by atoms with Crippen molar-refractivity contribution >= 4 is 50.8 Å². The van der Waals surface area contributed by atoms with E-state index in [1.807, 2.05) is 0 Å². The van der Waals surface area contributed by atoms with Gasteiger partial charge in [0, 0.05) is 12.1 Å². The van der Waals surface area contributed by atoms with E-state index in [-0.39, 0.29) is 28.1 Å². The zero-order chi connectivity index (χ0) is 14.6. The number of esters is 1. The van der Waals surface area contributed by atoms with Crippen LogP contribution in [0.5, 0.6) is 5.75 Å². The second-order valence-electron chi connectivity index (χ2n) is 3.29. The summed E-state index contributed by atoms with van der Waals surface area (Å²) in [4.78, 5) is 20.6. The highest BCUT2D eigenvalue weighted by Gasteiger charge is 2.21. The first-order valence-corrected chi connectivity index (χ1v) is 6.52. The van der Waals surface area contributed by atoms with Gasteiger partial charge in [0.1, 0.15) is 11.4 Å². The van der Waals surface area contributed by atoms with Gasteiger partial charge in [0.15, 0.2) is 5.75 Å². The van der Waals surface area contributed by atoms with Gasteiger partial charge in [-0.3, -0.25) is 14.9 Å². The average molecular weight is 373 g/mol. The molecule has 0 saturated heterocycles. The van der Waals surface area contributed by atoms with E-state index in [9.17, 15) is 14.9 Å². The topological polar surface area (TPSA) is 78.7 Å². The van der Waals surface area contributed by atoms with Gasteiger partial charge in [0.05, 0.1) is 22.1 Å². The normalized spacial score (nSPS) is 11.8. The van der Waals surface area contributed by atoms with Crippen molar-refractivity contribution in [2.75, 3.05) is 13.7 Å². The van der Waals surface area contributed by atoms with Crippen molar-refractivity contribution < 1.29 is 19.2 Å². The fourth-order valence-electron chi connectivity index (χ4n) is 1.14. The van der Waals surface area contributed by atoms with Crippen LogP contribution in [-0.2, 0) is 9.53 Å². The number of nitrogens with zero attached hydrogens (tertiary/aromatic N) is 1. The molecule has 1 unspecified atom stereocenters. The third-order valence-electron chi connectivity index (χ3n) is 2.04. The van der Waals surface area contributed by atoms with Crippen LogP contribution in [0.4, 0.5) is 5.69 Å². The lowest BCUT2D eigenvalue weighted by molar-refractivity contribution is -0.385. The molecule has 0 fully saturated rings. The number of halogens is 3. The lowest BCUT2D eigenvalue weighted by Gasteiger charge is -2.10. The molecule has 0 aliphatic carbocycles. The number of carbonyl (C=O) groups excluding carboxylic acids is 1. The first-order chi connectivity index (χ1) is 8.86. The van der Waals surface area contributed by atoms with Crippen LogP contribution in [0, 0.1) is 10.1 Å². The molecule has 1 aromatic rings. The van der Waals surface area contributed by atoms with E-state index in [0.29, 0.717) is 0 Å². The fourth-order valence-corrected chi connectivity index (χ4v) is 1.77. The van der Waals surface area contributed by atoms with Gasteiger partial charge < -0.3 is 9.47 Å². The van der Waals surface area contributed by atoms with Crippen LogP contribution in [0.3, 0.4) is 0 Å². The van der Waals surface area contributed by atoms with E-state index < -0.39 is 15.7 Å². The molecule has 0 aliphatic heterocycles. The Morgan fingerprint density at radius 2 is 2.05 bits per heavy atom. The minimum absolute atomic E-state index is 0.0454. The van der Waals surface area contributed by atoms with Gasteiger partial charge in [-0.05, 0) is 0 Å². The zero-order valence-electron chi connectivity index (χ0n) is 9.56. The van der Waals surface area contributed by atoms with Crippen molar-refractivity contribution in [1.29, 1.82) is 0 Å². The number of nitro benzene ring substituents is 1. The van der Waals surface area contributed by atoms with Crippen molar-refractivity contribution in [2.24, 2.45) is 0 Å². The van der Waals surface area contributed by atoms with E-state index in [1.54, 1.807) is 0 Å². The maximum absolute atomic E-state index is 11.1. The van der Waals surface area contributed by atoms with Crippen molar-refractivity contribution in [2.45, 2.75) is 4.83 Å². The number of benzene rings is 1. The Balaban J connectivity index is 2.91. The summed E-state index contributed by atoms with van der Waals surface area (Å²) in [6.07, 6.45) is 0. The van der Waals surface area contributed by atoms with Gasteiger partial charge in [0.25, 0.3) is 0 Å². The second-order valence-corrected chi connectivity index (χ2v) is 5.21. The molecule has 1 rings (SSSR count). The molecule has 6 nitrogen and oxygen atoms in total. The molecule has 1 aromatic carbocycles. The number of ether oxygens (including phenoxy) is 2. The van der Waals surface area contributed by atoms with Gasteiger partial charge in [-0.2, -0.15) is 0 Å². The summed E-state index contributed by atoms with van der Waals surface area (Å²) >= 11 is 14.5. The summed E-state index contributed by atoms with van der Waals surface area (Å²) in [7, 11) is 1.22. The van der Waals surface area contributed by atoms with Gasteiger partial charge in [0.2, 0.25) is 0 Å². The lowest BCUT2D eigenvalue weighted by atomic mass is 10.3. The minimum atomic E-state index is -0.744. The van der Waals surface area contributed by atoms with Gasteiger partial charge in [-0.15, -0.1) is 0 Å². The molecule has 0 radical (unpaired) electrons. The molecule has 0 amide bonds. The number of hydrogen-bond donors (Lipinski definition) is 0. The fraction of sp³-hybridized carbons (Fsp3) is 0.300. The number of hydrogen-bond acceptors (Lipinski definition) is 5. The number of rotatable bonds is 5. The third kappa shape index (κ3) is 4.22. The summed E-state index contributed by atoms with van der Waals surface area (Å²) in [6, 6.07) is 2.31. The maximum Gasteiger partial charge on any atom is 0.322 e. The molecule has 0 aliphatic rings. The summed E-state index contributed by atoms with van der Waals surface area (Å²) < 4.78 is 9.66. The van der Waals surface area contributed by atoms with Crippen LogP contribution in [-0.4, -0.2) is 29.4 Å². The monoisotopic (exact) mass is 371 g/mol. The average Bonchev–Trinajstić information content (AvgIpc) is 2.37. The van der Waals surface area contributed by atoms with Crippen molar-refractivity contribution in [3.8, 4) is 5.75 Å². The highest BCUT2D eigenvalue weighted by atomic mass is 79.9. The number of carbonyl (C=O) groups is 1. The third-order valence-corrected chi connectivity index (χ3v) is 3.40. The van der Waals surface area contributed by atoms with E-state index in [0.717, 1.165) is 6.07 Å². The molecule has 0 heterocycles. The molecule has 0 bridgehead atoms. The first-order valence-electron chi connectivity index (χ1n) is 4.85. The van der Waals surface area contributed by atoms with Gasteiger partial charge in [-0.1, -0.05) is 39.1 Å². The molecular weight excluding hydrogens is 365 g/mol. The first kappa shape index (κ1) is 16.0. The Morgan fingerprint density at radius 1 is 1.47 bits per heavy atom. The van der Waals surface area contributed by atoms with Crippen LogP contribution in [0.1, 0.15) is 0 Å². The summed E-state index contributed by atoms with van der Waals surface area (Å²) in [6.45, 7) is -0.147. The Labute approximate surface area is 126 Å². The molecule has 0 spiro atoms. The molecule has 1 atom stereocenters. The predicted octanol–water partition coefficient (Wildman–Crippen LogP) is 3.22. The summed E-state index contributed by atoms with van der Waals surface area (Å²) in [5, 5.41) is 11.0. The van der Waals surface area contributed by atoms with E-state index in [2.05, 4.69) is 20.7 Å². The number of nitro groups is 1. The highest BCUT2D eigenvalue weighted by Crippen LogP contribution is 2.35. The van der Waals surface area contributed by atoms with Crippen molar-refractivity contribution in [1.82, 2.24) is 0 Å². The SMILES string of the molecule is COC(=O)C(Br)COc1cc(Cl)c(Cl)cc1[N+](=O)[O-]. The summed E-state index contributed by atoms with van der Waals surface area (Å²) in [5.41, 5.74) is -0.334. The molecule has 19 heavy (non-hydrogen) atoms. The van der Waals surface area contributed by atoms with Gasteiger partial charge in [-0.25, -0.2) is 0 Å². The Hall–Kier alpha value is -1.05. The Bertz CT molecular complexity index is 511. The number of alkyl halides is 1. The van der Waals surface area contributed by atoms with E-state index >= 15 is 0 Å². The van der Waals surface area contributed by atoms with Crippen LogP contribution >= 0.6 is 39.1 Å². The minimum Gasteiger partial charge on any atom is -0.485 e. The number of methoxy groups -OCH3 is 1. The largest absolute Gasteiger partial charge is 0.485 e. The standard InChI is InChI=1S/C10H8BrCl2NO5/c1-18-10(15)5(11)4-19-9-3-7(13)6(12)2-8(9)14(16)17/h2-3,5H,4H2,1H3. The second kappa shape index (κ2) is 6.93. The highest BCUT2D eigenvalue weighted by molar-refractivity contribution is 9.10. The van der Waals surface area contributed by atoms with Crippen LogP contribution in [0.2, 0.25) is 10.0 Å².